The van der Waals surface area contributed by atoms with Gasteiger partial charge in [-0.05, 0) is 49.9 Å². The van der Waals surface area contributed by atoms with Crippen LogP contribution in [0.1, 0.15) is 48.5 Å². The number of benzene rings is 1. The first kappa shape index (κ1) is 15.5. The standard InChI is InChI=1S/C16H20FNO3/c1-3-7-16(15(20)21)8-4-9-18(16)14(19)13-6-5-12(17)10-11(13)2/h5-6,10H,3-4,7-9H2,1-2H3,(H,20,21). The third-order valence-electron chi connectivity index (χ3n) is 4.21. The number of rotatable bonds is 4. The monoisotopic (exact) mass is 293 g/mol. The molecule has 21 heavy (non-hydrogen) atoms. The van der Waals surface area contributed by atoms with Gasteiger partial charge in [0.05, 0.1) is 0 Å². The summed E-state index contributed by atoms with van der Waals surface area (Å²) in [7, 11) is 0. The minimum Gasteiger partial charge on any atom is -0.479 e. The Morgan fingerprint density at radius 2 is 2.14 bits per heavy atom. The zero-order valence-electron chi connectivity index (χ0n) is 12.4. The van der Waals surface area contributed by atoms with Crippen LogP contribution in [-0.2, 0) is 4.79 Å². The fourth-order valence-electron chi connectivity index (χ4n) is 3.19. The Labute approximate surface area is 123 Å². The van der Waals surface area contributed by atoms with Crippen molar-refractivity contribution in [2.24, 2.45) is 0 Å². The summed E-state index contributed by atoms with van der Waals surface area (Å²) in [6.07, 6.45) is 2.28. The summed E-state index contributed by atoms with van der Waals surface area (Å²) in [5.41, 5.74) is -0.213. The molecule has 0 aromatic heterocycles. The lowest BCUT2D eigenvalue weighted by atomic mass is 9.90. The number of carboxylic acids is 1. The van der Waals surface area contributed by atoms with E-state index in [0.29, 0.717) is 43.4 Å². The average Bonchev–Trinajstić information content (AvgIpc) is 2.83. The van der Waals surface area contributed by atoms with Crippen LogP contribution in [0, 0.1) is 12.7 Å². The number of hydrogen-bond acceptors (Lipinski definition) is 2. The Hall–Kier alpha value is -1.91. The first-order valence-electron chi connectivity index (χ1n) is 7.24. The first-order valence-corrected chi connectivity index (χ1v) is 7.24. The molecule has 1 fully saturated rings. The number of aliphatic carboxylic acids is 1. The minimum absolute atomic E-state index is 0.319. The maximum absolute atomic E-state index is 13.2. The minimum atomic E-state index is -1.12. The van der Waals surface area contributed by atoms with Gasteiger partial charge in [0, 0.05) is 12.1 Å². The van der Waals surface area contributed by atoms with Crippen molar-refractivity contribution in [2.45, 2.75) is 45.1 Å². The number of nitrogens with zero attached hydrogens (tertiary/aromatic N) is 1. The Morgan fingerprint density at radius 3 is 2.71 bits per heavy atom. The van der Waals surface area contributed by atoms with Crippen molar-refractivity contribution >= 4 is 11.9 Å². The fourth-order valence-corrected chi connectivity index (χ4v) is 3.19. The van der Waals surface area contributed by atoms with E-state index >= 15 is 0 Å². The fraction of sp³-hybridized carbons (Fsp3) is 0.500. The normalized spacial score (nSPS) is 21.6. The molecule has 1 N–H and O–H groups in total. The maximum Gasteiger partial charge on any atom is 0.329 e. The van der Waals surface area contributed by atoms with Gasteiger partial charge in [0.2, 0.25) is 0 Å². The Morgan fingerprint density at radius 1 is 1.43 bits per heavy atom. The van der Waals surface area contributed by atoms with Crippen LogP contribution in [0.15, 0.2) is 18.2 Å². The Bertz CT molecular complexity index is 573. The predicted octanol–water partition coefficient (Wildman–Crippen LogP) is 2.99. The summed E-state index contributed by atoms with van der Waals surface area (Å²) in [5.74, 6) is -1.67. The van der Waals surface area contributed by atoms with E-state index in [2.05, 4.69) is 0 Å². The third kappa shape index (κ3) is 2.64. The predicted molar refractivity (Wildman–Crippen MR) is 76.7 cm³/mol. The smallest absolute Gasteiger partial charge is 0.329 e. The maximum atomic E-state index is 13.2. The summed E-state index contributed by atoms with van der Waals surface area (Å²) in [5, 5.41) is 9.62. The van der Waals surface area contributed by atoms with Gasteiger partial charge in [0.15, 0.2) is 0 Å². The zero-order chi connectivity index (χ0) is 15.6. The van der Waals surface area contributed by atoms with E-state index in [-0.39, 0.29) is 5.91 Å². The van der Waals surface area contributed by atoms with Crippen molar-refractivity contribution in [1.29, 1.82) is 0 Å². The molecule has 1 aliphatic heterocycles. The van der Waals surface area contributed by atoms with Gasteiger partial charge in [-0.15, -0.1) is 0 Å². The lowest BCUT2D eigenvalue weighted by Crippen LogP contribution is -2.53. The molecule has 1 aromatic carbocycles. The van der Waals surface area contributed by atoms with E-state index in [1.165, 1.54) is 23.1 Å². The number of amides is 1. The van der Waals surface area contributed by atoms with Crippen molar-refractivity contribution in [3.8, 4) is 0 Å². The topological polar surface area (TPSA) is 57.6 Å². The van der Waals surface area contributed by atoms with Crippen LogP contribution in [0.2, 0.25) is 0 Å². The van der Waals surface area contributed by atoms with Gasteiger partial charge in [-0.2, -0.15) is 0 Å². The molecule has 0 radical (unpaired) electrons. The van der Waals surface area contributed by atoms with Gasteiger partial charge >= 0.3 is 5.97 Å². The second kappa shape index (κ2) is 5.84. The molecule has 5 heteroatoms. The molecule has 1 amide bonds. The van der Waals surface area contributed by atoms with Crippen LogP contribution in [-0.4, -0.2) is 34.0 Å². The number of hydrogen-bond donors (Lipinski definition) is 1. The second-order valence-corrected chi connectivity index (χ2v) is 5.61. The molecular weight excluding hydrogens is 273 g/mol. The number of carbonyl (C=O) groups is 2. The molecule has 1 aliphatic rings. The largest absolute Gasteiger partial charge is 0.479 e. The van der Waals surface area contributed by atoms with Crippen molar-refractivity contribution in [3.63, 3.8) is 0 Å². The van der Waals surface area contributed by atoms with Crippen LogP contribution in [0.4, 0.5) is 4.39 Å². The second-order valence-electron chi connectivity index (χ2n) is 5.61. The number of carboxylic acid groups (broad SMARTS) is 1. The third-order valence-corrected chi connectivity index (χ3v) is 4.21. The molecule has 114 valence electrons. The van der Waals surface area contributed by atoms with Crippen LogP contribution in [0.5, 0.6) is 0 Å². The summed E-state index contributed by atoms with van der Waals surface area (Å²) in [4.78, 5) is 25.9. The van der Waals surface area contributed by atoms with Crippen molar-refractivity contribution < 1.29 is 19.1 Å². The van der Waals surface area contributed by atoms with E-state index in [9.17, 15) is 19.1 Å². The molecule has 0 bridgehead atoms. The van der Waals surface area contributed by atoms with E-state index in [1.807, 2.05) is 6.92 Å². The molecule has 0 spiro atoms. The molecule has 1 atom stereocenters. The van der Waals surface area contributed by atoms with E-state index in [1.54, 1.807) is 6.92 Å². The highest BCUT2D eigenvalue weighted by molar-refractivity contribution is 5.99. The van der Waals surface area contributed by atoms with Gasteiger partial charge in [-0.3, -0.25) is 4.79 Å². The summed E-state index contributed by atoms with van der Waals surface area (Å²) < 4.78 is 13.2. The molecule has 1 aromatic rings. The molecule has 0 saturated carbocycles. The first-order chi connectivity index (χ1) is 9.92. The van der Waals surface area contributed by atoms with E-state index in [4.69, 9.17) is 0 Å². The molecule has 0 aliphatic carbocycles. The summed E-state index contributed by atoms with van der Waals surface area (Å²) >= 11 is 0. The van der Waals surface area contributed by atoms with Crippen molar-refractivity contribution in [3.05, 3.63) is 35.1 Å². The number of halogens is 1. The number of aryl methyl sites for hydroxylation is 1. The van der Waals surface area contributed by atoms with Crippen LogP contribution in [0.25, 0.3) is 0 Å². The summed E-state index contributed by atoms with van der Waals surface area (Å²) in [6.45, 7) is 4.01. The van der Waals surface area contributed by atoms with Crippen molar-refractivity contribution in [1.82, 2.24) is 4.90 Å². The van der Waals surface area contributed by atoms with Crippen LogP contribution >= 0.6 is 0 Å². The van der Waals surface area contributed by atoms with Crippen molar-refractivity contribution in [2.75, 3.05) is 6.54 Å². The Balaban J connectivity index is 2.39. The highest BCUT2D eigenvalue weighted by Crippen LogP contribution is 2.35. The molecule has 1 heterocycles. The SMILES string of the molecule is CCCC1(C(=O)O)CCCN1C(=O)c1ccc(F)cc1C. The van der Waals surface area contributed by atoms with Crippen LogP contribution in [0.3, 0.4) is 0 Å². The molecule has 1 unspecified atom stereocenters. The molecular formula is C16H20FNO3. The van der Waals surface area contributed by atoms with Crippen LogP contribution < -0.4 is 0 Å². The van der Waals surface area contributed by atoms with Gasteiger partial charge < -0.3 is 10.0 Å². The zero-order valence-corrected chi connectivity index (χ0v) is 12.4. The quantitative estimate of drug-likeness (QED) is 0.928. The highest BCUT2D eigenvalue weighted by Gasteiger charge is 2.49. The molecule has 4 nitrogen and oxygen atoms in total. The lowest BCUT2D eigenvalue weighted by molar-refractivity contribution is -0.148. The molecule has 2 rings (SSSR count). The number of likely N-dealkylation sites (tertiary alicyclic amines) is 1. The average molecular weight is 293 g/mol. The van der Waals surface area contributed by atoms with E-state index in [0.717, 1.165) is 0 Å². The number of carbonyl (C=O) groups excluding carboxylic acids is 1. The summed E-state index contributed by atoms with van der Waals surface area (Å²) in [6, 6.07) is 3.97. The van der Waals surface area contributed by atoms with Gasteiger partial charge in [-0.1, -0.05) is 13.3 Å². The molecule has 1 saturated heterocycles. The highest BCUT2D eigenvalue weighted by atomic mass is 19.1. The van der Waals surface area contributed by atoms with E-state index < -0.39 is 17.3 Å². The van der Waals surface area contributed by atoms with Gasteiger partial charge in [-0.25, -0.2) is 9.18 Å². The lowest BCUT2D eigenvalue weighted by Gasteiger charge is -2.35. The Kier molecular flexibility index (Phi) is 4.30. The van der Waals surface area contributed by atoms with Gasteiger partial charge in [0.1, 0.15) is 11.4 Å². The van der Waals surface area contributed by atoms with Gasteiger partial charge in [0.25, 0.3) is 5.91 Å².